The molecule has 20 heavy (non-hydrogen) atoms. The summed E-state index contributed by atoms with van der Waals surface area (Å²) in [4.78, 5) is 10.0. The molecule has 0 aliphatic carbocycles. The van der Waals surface area contributed by atoms with E-state index in [0.29, 0.717) is 5.82 Å². The number of hydrogen-bond acceptors (Lipinski definition) is 6. The lowest BCUT2D eigenvalue weighted by Crippen LogP contribution is -2.13. The maximum Gasteiger partial charge on any atom is 0.145 e. The number of nitrogen functional groups attached to an aromatic ring is 1. The number of hydrogen-bond donors (Lipinski definition) is 3. The Hall–Kier alpha value is -1.37. The third-order valence-corrected chi connectivity index (χ3v) is 3.99. The van der Waals surface area contributed by atoms with Crippen LogP contribution < -0.4 is 16.6 Å². The van der Waals surface area contributed by atoms with Crippen molar-refractivity contribution in [2.24, 2.45) is 5.84 Å². The number of rotatable bonds is 7. The van der Waals surface area contributed by atoms with Crippen LogP contribution in [-0.4, -0.2) is 16.5 Å². The molecule has 4 N–H and O–H groups in total. The molecular weight excluding hydrogens is 294 g/mol. The van der Waals surface area contributed by atoms with Gasteiger partial charge in [-0.05, 0) is 25.0 Å². The van der Waals surface area contributed by atoms with E-state index in [2.05, 4.69) is 27.6 Å². The molecule has 0 aliphatic heterocycles. The molecule has 2 aromatic heterocycles. The van der Waals surface area contributed by atoms with Gasteiger partial charge >= 0.3 is 0 Å². The fourth-order valence-electron chi connectivity index (χ4n) is 1.80. The van der Waals surface area contributed by atoms with Gasteiger partial charge in [0.25, 0.3) is 0 Å². The van der Waals surface area contributed by atoms with Crippen LogP contribution in [0.2, 0.25) is 4.34 Å². The van der Waals surface area contributed by atoms with Gasteiger partial charge in [0.2, 0.25) is 0 Å². The molecule has 0 amide bonds. The first kappa shape index (κ1) is 15.0. The Bertz CT molecular complexity index is 557. The van der Waals surface area contributed by atoms with Gasteiger partial charge in [-0.1, -0.05) is 18.5 Å². The Labute approximate surface area is 127 Å². The first-order valence-electron chi connectivity index (χ1n) is 6.54. The van der Waals surface area contributed by atoms with E-state index >= 15 is 0 Å². The zero-order chi connectivity index (χ0) is 14.4. The maximum absolute atomic E-state index is 5.91. The second-order valence-electron chi connectivity index (χ2n) is 4.33. The maximum atomic E-state index is 5.91. The number of thiophene rings is 1. The van der Waals surface area contributed by atoms with Crippen LogP contribution in [-0.2, 0) is 12.8 Å². The highest BCUT2D eigenvalue weighted by atomic mass is 35.5. The molecule has 0 atom stereocenters. The van der Waals surface area contributed by atoms with Gasteiger partial charge in [-0.2, -0.15) is 0 Å². The third kappa shape index (κ3) is 4.33. The highest BCUT2D eigenvalue weighted by Gasteiger charge is 2.04. The lowest BCUT2D eigenvalue weighted by Gasteiger charge is -2.09. The van der Waals surface area contributed by atoms with Crippen LogP contribution >= 0.6 is 22.9 Å². The molecule has 2 aromatic rings. The van der Waals surface area contributed by atoms with Crippen molar-refractivity contribution in [1.82, 2.24) is 9.97 Å². The van der Waals surface area contributed by atoms with Gasteiger partial charge in [-0.25, -0.2) is 15.8 Å². The minimum Gasteiger partial charge on any atom is -0.370 e. The van der Waals surface area contributed by atoms with Gasteiger partial charge in [-0.3, -0.25) is 0 Å². The molecule has 0 aromatic carbocycles. The van der Waals surface area contributed by atoms with Gasteiger partial charge in [-0.15, -0.1) is 11.3 Å². The molecule has 0 saturated heterocycles. The highest BCUT2D eigenvalue weighted by Crippen LogP contribution is 2.21. The van der Waals surface area contributed by atoms with E-state index in [0.717, 1.165) is 41.8 Å². The highest BCUT2D eigenvalue weighted by molar-refractivity contribution is 7.16. The fraction of sp³-hybridized carbons (Fsp3) is 0.385. The Balaban J connectivity index is 1.95. The van der Waals surface area contributed by atoms with E-state index in [1.807, 2.05) is 12.1 Å². The summed E-state index contributed by atoms with van der Waals surface area (Å²) in [5.41, 5.74) is 2.57. The second-order valence-corrected chi connectivity index (χ2v) is 6.13. The number of anilines is 2. The van der Waals surface area contributed by atoms with Crippen molar-refractivity contribution in [2.75, 3.05) is 17.3 Å². The molecular formula is C13H18ClN5S. The summed E-state index contributed by atoms with van der Waals surface area (Å²) in [6.45, 7) is 2.89. The Morgan fingerprint density at radius 1 is 1.25 bits per heavy atom. The standard InChI is InChI=1S/C13H18ClN5S/c1-2-3-11-17-12(8-13(18-11)19-15)16-7-6-9-4-5-10(14)20-9/h4-5,8H,2-3,6-7,15H2,1H3,(H2,16,17,18,19). The Kier molecular flexibility index (Phi) is 5.58. The van der Waals surface area contributed by atoms with Gasteiger partial charge in [0.15, 0.2) is 0 Å². The minimum absolute atomic E-state index is 0.630. The molecule has 0 bridgehead atoms. The predicted octanol–water partition coefficient (Wildman–Crippen LogP) is 3.08. The van der Waals surface area contributed by atoms with Crippen molar-refractivity contribution < 1.29 is 0 Å². The smallest absolute Gasteiger partial charge is 0.145 e. The van der Waals surface area contributed by atoms with E-state index in [1.54, 1.807) is 17.4 Å². The lowest BCUT2D eigenvalue weighted by molar-refractivity contribution is 0.833. The Morgan fingerprint density at radius 2 is 2.05 bits per heavy atom. The lowest BCUT2D eigenvalue weighted by atomic mass is 10.3. The van der Waals surface area contributed by atoms with Crippen LogP contribution in [0.5, 0.6) is 0 Å². The number of nitrogens with one attached hydrogen (secondary N) is 2. The largest absolute Gasteiger partial charge is 0.370 e. The third-order valence-electron chi connectivity index (χ3n) is 2.70. The normalized spacial score (nSPS) is 10.6. The number of aromatic nitrogens is 2. The van der Waals surface area contributed by atoms with Crippen molar-refractivity contribution >= 4 is 34.6 Å². The van der Waals surface area contributed by atoms with E-state index in [4.69, 9.17) is 17.4 Å². The van der Waals surface area contributed by atoms with Gasteiger partial charge < -0.3 is 10.7 Å². The molecule has 0 radical (unpaired) electrons. The SMILES string of the molecule is CCCc1nc(NN)cc(NCCc2ccc(Cl)s2)n1. The van der Waals surface area contributed by atoms with Gasteiger partial charge in [0.1, 0.15) is 17.5 Å². The molecule has 2 heterocycles. The van der Waals surface area contributed by atoms with Crippen molar-refractivity contribution in [2.45, 2.75) is 26.2 Å². The number of aryl methyl sites for hydroxylation is 1. The first-order valence-corrected chi connectivity index (χ1v) is 7.73. The number of hydrazine groups is 1. The first-order chi connectivity index (χ1) is 9.71. The number of halogens is 1. The minimum atomic E-state index is 0.630. The average Bonchev–Trinajstić information content (AvgIpc) is 2.84. The van der Waals surface area contributed by atoms with Gasteiger partial charge in [0.05, 0.1) is 4.34 Å². The molecule has 5 nitrogen and oxygen atoms in total. The summed E-state index contributed by atoms with van der Waals surface area (Å²) >= 11 is 7.51. The Morgan fingerprint density at radius 3 is 2.70 bits per heavy atom. The topological polar surface area (TPSA) is 75.9 Å². The van der Waals surface area contributed by atoms with Crippen LogP contribution in [0.3, 0.4) is 0 Å². The molecule has 0 saturated carbocycles. The molecule has 0 unspecified atom stereocenters. The number of nitrogens with zero attached hydrogens (tertiary/aromatic N) is 2. The fourth-order valence-corrected chi connectivity index (χ4v) is 2.88. The van der Waals surface area contributed by atoms with Gasteiger partial charge in [0, 0.05) is 23.9 Å². The summed E-state index contributed by atoms with van der Waals surface area (Å²) in [6, 6.07) is 5.77. The molecule has 2 rings (SSSR count). The van der Waals surface area contributed by atoms with Crippen LogP contribution in [0, 0.1) is 0 Å². The summed E-state index contributed by atoms with van der Waals surface area (Å²) in [6.07, 6.45) is 2.75. The van der Waals surface area contributed by atoms with E-state index in [-0.39, 0.29) is 0 Å². The number of nitrogens with two attached hydrogens (primary N) is 1. The van der Waals surface area contributed by atoms with E-state index < -0.39 is 0 Å². The molecule has 0 fully saturated rings. The monoisotopic (exact) mass is 311 g/mol. The van der Waals surface area contributed by atoms with Crippen molar-refractivity contribution in [3.63, 3.8) is 0 Å². The average molecular weight is 312 g/mol. The quantitative estimate of drug-likeness (QED) is 0.541. The van der Waals surface area contributed by atoms with E-state index in [9.17, 15) is 0 Å². The molecule has 108 valence electrons. The zero-order valence-electron chi connectivity index (χ0n) is 11.3. The van der Waals surface area contributed by atoms with Crippen LogP contribution in [0.15, 0.2) is 18.2 Å². The zero-order valence-corrected chi connectivity index (χ0v) is 12.9. The van der Waals surface area contributed by atoms with E-state index in [1.165, 1.54) is 4.88 Å². The second kappa shape index (κ2) is 7.42. The van der Waals surface area contributed by atoms with Crippen molar-refractivity contribution in [1.29, 1.82) is 0 Å². The summed E-state index contributed by atoms with van der Waals surface area (Å²) in [7, 11) is 0. The molecule has 0 aliphatic rings. The summed E-state index contributed by atoms with van der Waals surface area (Å²) in [5.74, 6) is 7.64. The van der Waals surface area contributed by atoms with Crippen LogP contribution in [0.4, 0.5) is 11.6 Å². The molecule has 0 spiro atoms. The van der Waals surface area contributed by atoms with Crippen LogP contribution in [0.25, 0.3) is 0 Å². The van der Waals surface area contributed by atoms with Crippen molar-refractivity contribution in [3.05, 3.63) is 33.2 Å². The predicted molar refractivity (Wildman–Crippen MR) is 85.4 cm³/mol. The molecule has 7 heteroatoms. The van der Waals surface area contributed by atoms with Crippen LogP contribution in [0.1, 0.15) is 24.0 Å². The summed E-state index contributed by atoms with van der Waals surface area (Å²) < 4.78 is 0.821. The summed E-state index contributed by atoms with van der Waals surface area (Å²) in [5, 5.41) is 3.29. The van der Waals surface area contributed by atoms with Crippen molar-refractivity contribution in [3.8, 4) is 0 Å².